The summed E-state index contributed by atoms with van der Waals surface area (Å²) in [7, 11) is 1.63. The molecule has 0 radical (unpaired) electrons. The van der Waals surface area contributed by atoms with Crippen LogP contribution < -0.4 is 16.2 Å². The molecule has 0 bridgehead atoms. The van der Waals surface area contributed by atoms with Gasteiger partial charge in [-0.3, -0.25) is 0 Å². The molecule has 4 N–H and O–H groups in total. The number of nitrogens with zero attached hydrogens (tertiary/aromatic N) is 4. The number of hydrogen-bond acceptors (Lipinski definition) is 6. The number of benzene rings is 1. The van der Waals surface area contributed by atoms with Crippen molar-refractivity contribution in [1.29, 1.82) is 5.26 Å². The normalized spacial score (nSPS) is 10.5. The second-order valence-electron chi connectivity index (χ2n) is 4.79. The molecule has 2 heterocycles. The number of fused-ring (bicyclic) bond motifs is 1. The highest BCUT2D eigenvalue weighted by Crippen LogP contribution is 2.26. The van der Waals surface area contributed by atoms with Crippen LogP contribution in [0.4, 0.5) is 11.5 Å². The second-order valence-corrected chi connectivity index (χ2v) is 4.79. The zero-order chi connectivity index (χ0) is 15.7. The van der Waals surface area contributed by atoms with E-state index in [1.807, 2.05) is 34.9 Å². The lowest BCUT2D eigenvalue weighted by molar-refractivity contribution is 0.414. The van der Waals surface area contributed by atoms with Crippen molar-refractivity contribution < 1.29 is 4.74 Å². The first-order valence-corrected chi connectivity index (χ1v) is 6.57. The first kappa shape index (κ1) is 13.7. The van der Waals surface area contributed by atoms with E-state index in [0.717, 1.165) is 11.3 Å². The molecule has 7 heteroatoms. The molecular formula is C15H14N6O. The molecule has 0 unspecified atom stereocenters. The number of methoxy groups -OCH3 is 1. The van der Waals surface area contributed by atoms with Gasteiger partial charge in [-0.1, -0.05) is 12.1 Å². The Labute approximate surface area is 126 Å². The van der Waals surface area contributed by atoms with Crippen molar-refractivity contribution in [3.8, 4) is 11.8 Å². The summed E-state index contributed by atoms with van der Waals surface area (Å²) >= 11 is 0. The number of anilines is 2. The maximum atomic E-state index is 9.05. The van der Waals surface area contributed by atoms with Crippen molar-refractivity contribution >= 4 is 22.7 Å². The summed E-state index contributed by atoms with van der Waals surface area (Å²) in [6, 6.07) is 9.64. The predicted molar refractivity (Wildman–Crippen MR) is 83.2 cm³/mol. The second kappa shape index (κ2) is 5.26. The molecule has 0 aliphatic carbocycles. The molecule has 110 valence electrons. The lowest BCUT2D eigenvalue weighted by Gasteiger charge is -2.07. The lowest BCUT2D eigenvalue weighted by Crippen LogP contribution is -2.04. The summed E-state index contributed by atoms with van der Waals surface area (Å²) < 4.78 is 6.97. The van der Waals surface area contributed by atoms with Gasteiger partial charge in [0.05, 0.1) is 25.7 Å². The zero-order valence-electron chi connectivity index (χ0n) is 11.9. The van der Waals surface area contributed by atoms with Crippen LogP contribution in [0.5, 0.6) is 5.75 Å². The third-order valence-electron chi connectivity index (χ3n) is 3.44. The summed E-state index contributed by atoms with van der Waals surface area (Å²) in [6.45, 7) is 0.568. The Morgan fingerprint density at radius 3 is 2.64 bits per heavy atom. The highest BCUT2D eigenvalue weighted by molar-refractivity contribution is 5.90. The van der Waals surface area contributed by atoms with Gasteiger partial charge in [-0.25, -0.2) is 9.97 Å². The summed E-state index contributed by atoms with van der Waals surface area (Å²) in [4.78, 5) is 8.49. The maximum absolute atomic E-state index is 9.05. The quantitative estimate of drug-likeness (QED) is 0.756. The van der Waals surface area contributed by atoms with E-state index >= 15 is 0 Å². The fourth-order valence-electron chi connectivity index (χ4n) is 2.27. The molecule has 0 aliphatic heterocycles. The Hall–Kier alpha value is -3.27. The first-order valence-electron chi connectivity index (χ1n) is 6.57. The smallest absolute Gasteiger partial charge is 0.164 e. The molecule has 0 aliphatic rings. The van der Waals surface area contributed by atoms with Crippen molar-refractivity contribution in [3.63, 3.8) is 0 Å². The van der Waals surface area contributed by atoms with Crippen LogP contribution in [0.1, 0.15) is 11.1 Å². The summed E-state index contributed by atoms with van der Waals surface area (Å²) in [5.41, 5.74) is 14.3. The topological polar surface area (TPSA) is 116 Å². The minimum absolute atomic E-state index is 0.115. The Bertz CT molecular complexity index is 876. The Morgan fingerprint density at radius 2 is 2.00 bits per heavy atom. The molecule has 3 aromatic rings. The number of hydrogen-bond donors (Lipinski definition) is 2. The molecule has 0 fully saturated rings. The first-order chi connectivity index (χ1) is 10.6. The van der Waals surface area contributed by atoms with E-state index in [1.54, 1.807) is 13.4 Å². The fraction of sp³-hybridized carbons (Fsp3) is 0.133. The van der Waals surface area contributed by atoms with E-state index in [2.05, 4.69) is 9.97 Å². The van der Waals surface area contributed by atoms with Crippen LogP contribution >= 0.6 is 0 Å². The zero-order valence-corrected chi connectivity index (χ0v) is 11.9. The molecular weight excluding hydrogens is 280 g/mol. The van der Waals surface area contributed by atoms with Gasteiger partial charge in [-0.15, -0.1) is 0 Å². The number of rotatable bonds is 3. The number of ether oxygens (including phenoxy) is 1. The molecule has 0 saturated heterocycles. The molecule has 1 aromatic carbocycles. The van der Waals surface area contributed by atoms with E-state index in [-0.39, 0.29) is 17.1 Å². The van der Waals surface area contributed by atoms with Crippen LogP contribution in [0.3, 0.4) is 0 Å². The SMILES string of the molecule is COc1ccc(Cn2cnc3c(N)c(C#N)c(N)nc32)cc1. The van der Waals surface area contributed by atoms with Crippen molar-refractivity contribution in [1.82, 2.24) is 14.5 Å². The number of nitrogens with two attached hydrogens (primary N) is 2. The number of nitriles is 1. The van der Waals surface area contributed by atoms with Gasteiger partial charge in [0.25, 0.3) is 0 Å². The van der Waals surface area contributed by atoms with Crippen molar-refractivity contribution in [2.75, 3.05) is 18.6 Å². The summed E-state index contributed by atoms with van der Waals surface area (Å²) in [6.07, 6.45) is 1.64. The van der Waals surface area contributed by atoms with Gasteiger partial charge in [0.1, 0.15) is 28.7 Å². The number of imidazole rings is 1. The van der Waals surface area contributed by atoms with Crippen molar-refractivity contribution in [2.24, 2.45) is 0 Å². The van der Waals surface area contributed by atoms with Gasteiger partial charge in [0, 0.05) is 0 Å². The molecule has 0 saturated carbocycles. The van der Waals surface area contributed by atoms with E-state index in [4.69, 9.17) is 21.5 Å². The summed E-state index contributed by atoms with van der Waals surface area (Å²) in [5.74, 6) is 0.911. The van der Waals surface area contributed by atoms with E-state index < -0.39 is 0 Å². The van der Waals surface area contributed by atoms with Crippen LogP contribution in [0, 0.1) is 11.3 Å². The lowest BCUT2D eigenvalue weighted by atomic mass is 10.2. The van der Waals surface area contributed by atoms with E-state index in [1.165, 1.54) is 0 Å². The van der Waals surface area contributed by atoms with Crippen molar-refractivity contribution in [2.45, 2.75) is 6.54 Å². The summed E-state index contributed by atoms with van der Waals surface area (Å²) in [5, 5.41) is 9.05. The van der Waals surface area contributed by atoms with Crippen LogP contribution in [0.2, 0.25) is 0 Å². The molecule has 0 amide bonds. The van der Waals surface area contributed by atoms with Gasteiger partial charge in [-0.2, -0.15) is 5.26 Å². The van der Waals surface area contributed by atoms with Gasteiger partial charge >= 0.3 is 0 Å². The Morgan fingerprint density at radius 1 is 1.27 bits per heavy atom. The maximum Gasteiger partial charge on any atom is 0.164 e. The fourth-order valence-corrected chi connectivity index (χ4v) is 2.27. The Kier molecular flexibility index (Phi) is 3.27. The molecule has 3 rings (SSSR count). The molecule has 22 heavy (non-hydrogen) atoms. The molecule has 7 nitrogen and oxygen atoms in total. The highest BCUT2D eigenvalue weighted by atomic mass is 16.5. The van der Waals surface area contributed by atoms with Crippen LogP contribution in [-0.4, -0.2) is 21.6 Å². The monoisotopic (exact) mass is 294 g/mol. The predicted octanol–water partition coefficient (Wildman–Crippen LogP) is 1.52. The van der Waals surface area contributed by atoms with Gasteiger partial charge in [0.2, 0.25) is 0 Å². The van der Waals surface area contributed by atoms with Gasteiger partial charge in [-0.05, 0) is 17.7 Å². The number of pyridine rings is 1. The van der Waals surface area contributed by atoms with Crippen molar-refractivity contribution in [3.05, 3.63) is 41.7 Å². The van der Waals surface area contributed by atoms with Crippen LogP contribution in [0.15, 0.2) is 30.6 Å². The highest BCUT2D eigenvalue weighted by Gasteiger charge is 2.15. The van der Waals surface area contributed by atoms with Crippen LogP contribution in [0.25, 0.3) is 11.2 Å². The molecule has 2 aromatic heterocycles. The minimum atomic E-state index is 0.115. The number of aromatic nitrogens is 3. The average molecular weight is 294 g/mol. The van der Waals surface area contributed by atoms with Crippen LogP contribution in [-0.2, 0) is 6.54 Å². The largest absolute Gasteiger partial charge is 0.497 e. The number of nitrogen functional groups attached to an aromatic ring is 2. The minimum Gasteiger partial charge on any atom is -0.497 e. The standard InChI is InChI=1S/C15H14N6O/c1-22-10-4-2-9(3-5-10)7-21-8-19-13-12(17)11(6-16)14(18)20-15(13)21/h2-5,8H,7H2,1H3,(H4,17,18,20). The van der Waals surface area contributed by atoms with Gasteiger partial charge < -0.3 is 20.8 Å². The Balaban J connectivity index is 2.03. The van der Waals surface area contributed by atoms with E-state index in [9.17, 15) is 0 Å². The molecule has 0 atom stereocenters. The third kappa shape index (κ3) is 2.16. The average Bonchev–Trinajstić information content (AvgIpc) is 2.91. The molecule has 0 spiro atoms. The van der Waals surface area contributed by atoms with Gasteiger partial charge in [0.15, 0.2) is 5.65 Å². The third-order valence-corrected chi connectivity index (χ3v) is 3.44. The van der Waals surface area contributed by atoms with E-state index in [0.29, 0.717) is 17.7 Å².